The molecule has 0 aromatic heterocycles. The van der Waals surface area contributed by atoms with E-state index in [0.29, 0.717) is 51.1 Å². The lowest BCUT2D eigenvalue weighted by Gasteiger charge is -2.31. The lowest BCUT2D eigenvalue weighted by molar-refractivity contribution is -0.133. The Kier molecular flexibility index (Phi) is 7.29. The third-order valence-electron chi connectivity index (χ3n) is 5.70. The maximum atomic E-state index is 12.9. The number of nitrogens with zero attached hydrogens (tertiary/aromatic N) is 2. The van der Waals surface area contributed by atoms with Crippen molar-refractivity contribution in [2.24, 2.45) is 11.7 Å². The van der Waals surface area contributed by atoms with Crippen molar-refractivity contribution in [1.29, 1.82) is 0 Å². The quantitative estimate of drug-likeness (QED) is 0.487. The van der Waals surface area contributed by atoms with Gasteiger partial charge in [0, 0.05) is 38.3 Å². The van der Waals surface area contributed by atoms with E-state index < -0.39 is 34.4 Å². The third-order valence-corrected chi connectivity index (χ3v) is 7.61. The molecule has 2 saturated heterocycles. The van der Waals surface area contributed by atoms with Gasteiger partial charge < -0.3 is 21.1 Å². The lowest BCUT2D eigenvalue weighted by atomic mass is 9.98. The molecule has 170 valence electrons. The minimum Gasteiger partial charge on any atom is -0.383 e. The Hall–Kier alpha value is -2.50. The minimum atomic E-state index is -3.65. The van der Waals surface area contributed by atoms with Gasteiger partial charge in [-0.3, -0.25) is 14.4 Å². The van der Waals surface area contributed by atoms with Crippen LogP contribution in [0.25, 0.3) is 0 Å². The number of aliphatic hydroxyl groups excluding tert-OH is 1. The van der Waals surface area contributed by atoms with Gasteiger partial charge in [0.05, 0.1) is 11.3 Å². The number of aliphatic hydroxyl groups is 1. The van der Waals surface area contributed by atoms with Crippen LogP contribution >= 0.6 is 0 Å². The van der Waals surface area contributed by atoms with Crippen molar-refractivity contribution in [3.63, 3.8) is 0 Å². The van der Waals surface area contributed by atoms with E-state index in [1.807, 2.05) is 0 Å². The fraction of sp³-hybridized carbons (Fsp3) is 0.550. The number of carbonyl (C=O) groups is 3. The maximum absolute atomic E-state index is 12.9. The summed E-state index contributed by atoms with van der Waals surface area (Å²) in [6.07, 6.45) is 0.528. The van der Waals surface area contributed by atoms with Crippen LogP contribution < -0.4 is 16.0 Å². The van der Waals surface area contributed by atoms with Crippen molar-refractivity contribution in [1.82, 2.24) is 9.62 Å². The highest BCUT2D eigenvalue weighted by atomic mass is 32.2. The smallest absolute Gasteiger partial charge is 0.249 e. The number of primary amides is 1. The van der Waals surface area contributed by atoms with Crippen LogP contribution in [0, 0.1) is 5.92 Å². The Morgan fingerprint density at radius 2 is 1.81 bits per heavy atom. The van der Waals surface area contributed by atoms with E-state index in [1.165, 1.54) is 16.4 Å². The molecule has 2 heterocycles. The highest BCUT2D eigenvalue weighted by Crippen LogP contribution is 2.27. The number of nitrogens with two attached hydrogens (primary N) is 1. The first kappa shape index (κ1) is 23.2. The van der Waals surface area contributed by atoms with Gasteiger partial charge in [0.1, 0.15) is 6.10 Å². The molecule has 2 fully saturated rings. The number of hydrogen-bond donors (Lipinski definition) is 3. The summed E-state index contributed by atoms with van der Waals surface area (Å²) in [5.74, 6) is -1.31. The van der Waals surface area contributed by atoms with Gasteiger partial charge >= 0.3 is 0 Å². The van der Waals surface area contributed by atoms with Crippen molar-refractivity contribution in [3.05, 3.63) is 24.3 Å². The first-order valence-electron chi connectivity index (χ1n) is 10.3. The summed E-state index contributed by atoms with van der Waals surface area (Å²) in [4.78, 5) is 36.2. The second-order valence-electron chi connectivity index (χ2n) is 7.92. The number of anilines is 1. The molecular weight excluding hydrogens is 424 g/mol. The number of amides is 3. The molecular formula is C20H28N4O6S. The number of sulfonamides is 1. The average molecular weight is 453 g/mol. The molecule has 1 unspecified atom stereocenters. The summed E-state index contributed by atoms with van der Waals surface area (Å²) in [5, 5.41) is 12.2. The second-order valence-corrected chi connectivity index (χ2v) is 9.86. The van der Waals surface area contributed by atoms with E-state index in [4.69, 9.17) is 5.73 Å². The van der Waals surface area contributed by atoms with Crippen molar-refractivity contribution >= 4 is 33.4 Å². The zero-order valence-corrected chi connectivity index (χ0v) is 18.0. The summed E-state index contributed by atoms with van der Waals surface area (Å²) in [5.41, 5.74) is 5.66. The SMILES string of the molecule is NC(=O)CC(O)C(=O)NCC1CCN(S(=O)(=O)c2ccc(N3CCCC3=O)cc2)CC1. The normalized spacial score (nSPS) is 19.4. The van der Waals surface area contributed by atoms with Crippen molar-refractivity contribution < 1.29 is 27.9 Å². The average Bonchev–Trinajstić information content (AvgIpc) is 3.17. The van der Waals surface area contributed by atoms with Crippen LogP contribution in [-0.2, 0) is 24.4 Å². The Morgan fingerprint density at radius 1 is 1.16 bits per heavy atom. The predicted molar refractivity (Wildman–Crippen MR) is 112 cm³/mol. The fourth-order valence-electron chi connectivity index (χ4n) is 3.87. The predicted octanol–water partition coefficient (Wildman–Crippen LogP) is -0.433. The first-order valence-corrected chi connectivity index (χ1v) is 11.8. The Bertz CT molecular complexity index is 925. The van der Waals surface area contributed by atoms with Gasteiger partial charge in [0.25, 0.3) is 0 Å². The highest BCUT2D eigenvalue weighted by molar-refractivity contribution is 7.89. The van der Waals surface area contributed by atoms with Crippen LogP contribution in [0.1, 0.15) is 32.1 Å². The van der Waals surface area contributed by atoms with Crippen LogP contribution in [0.2, 0.25) is 0 Å². The van der Waals surface area contributed by atoms with Crippen LogP contribution in [0.4, 0.5) is 5.69 Å². The second kappa shape index (κ2) is 9.75. The molecule has 0 radical (unpaired) electrons. The van der Waals surface area contributed by atoms with E-state index >= 15 is 0 Å². The molecule has 3 amide bonds. The number of nitrogens with one attached hydrogen (secondary N) is 1. The van der Waals surface area contributed by atoms with Crippen LogP contribution in [0.3, 0.4) is 0 Å². The molecule has 0 bridgehead atoms. The van der Waals surface area contributed by atoms with E-state index in [0.717, 1.165) is 6.42 Å². The van der Waals surface area contributed by atoms with Crippen molar-refractivity contribution in [2.45, 2.75) is 43.1 Å². The molecule has 2 aliphatic rings. The molecule has 0 spiro atoms. The molecule has 2 aliphatic heterocycles. The van der Waals surface area contributed by atoms with Gasteiger partial charge in [0.15, 0.2) is 0 Å². The Balaban J connectivity index is 1.52. The third kappa shape index (κ3) is 5.60. The lowest BCUT2D eigenvalue weighted by Crippen LogP contribution is -2.43. The summed E-state index contributed by atoms with van der Waals surface area (Å²) in [6.45, 7) is 1.58. The highest BCUT2D eigenvalue weighted by Gasteiger charge is 2.30. The van der Waals surface area contributed by atoms with E-state index in [-0.39, 0.29) is 16.7 Å². The summed E-state index contributed by atoms with van der Waals surface area (Å²) in [7, 11) is -3.65. The Labute approximate surface area is 181 Å². The molecule has 11 heteroatoms. The molecule has 1 atom stereocenters. The van der Waals surface area contributed by atoms with E-state index in [2.05, 4.69) is 5.32 Å². The van der Waals surface area contributed by atoms with Crippen LogP contribution in [-0.4, -0.2) is 67.8 Å². The molecule has 0 saturated carbocycles. The summed E-state index contributed by atoms with van der Waals surface area (Å²) in [6, 6.07) is 6.39. The standard InChI is InChI=1S/C20H28N4O6S/c21-18(26)12-17(25)20(28)22-13-14-7-10-23(11-8-14)31(29,30)16-5-3-15(4-6-16)24-9-1-2-19(24)27/h3-6,14,17,25H,1-2,7-13H2,(H2,21,26)(H,22,28). The molecule has 1 aromatic rings. The number of piperidine rings is 1. The zero-order chi connectivity index (χ0) is 22.6. The number of rotatable bonds is 8. The van der Waals surface area contributed by atoms with Crippen LogP contribution in [0.15, 0.2) is 29.2 Å². The van der Waals surface area contributed by atoms with Gasteiger partial charge in [-0.25, -0.2) is 8.42 Å². The minimum absolute atomic E-state index is 0.0481. The van der Waals surface area contributed by atoms with Gasteiger partial charge in [0.2, 0.25) is 27.7 Å². The monoisotopic (exact) mass is 452 g/mol. The first-order chi connectivity index (χ1) is 14.7. The topological polar surface area (TPSA) is 150 Å². The molecule has 1 aromatic carbocycles. The number of hydrogen-bond acceptors (Lipinski definition) is 6. The largest absolute Gasteiger partial charge is 0.383 e. The van der Waals surface area contributed by atoms with Gasteiger partial charge in [-0.15, -0.1) is 0 Å². The summed E-state index contributed by atoms with van der Waals surface area (Å²) < 4.78 is 27.3. The number of carbonyl (C=O) groups excluding carboxylic acids is 3. The Morgan fingerprint density at radius 3 is 2.35 bits per heavy atom. The van der Waals surface area contributed by atoms with Gasteiger partial charge in [-0.05, 0) is 49.4 Å². The maximum Gasteiger partial charge on any atom is 0.249 e. The van der Waals surface area contributed by atoms with Gasteiger partial charge in [-0.1, -0.05) is 0 Å². The molecule has 3 rings (SSSR count). The zero-order valence-electron chi connectivity index (χ0n) is 17.2. The molecule has 31 heavy (non-hydrogen) atoms. The molecule has 10 nitrogen and oxygen atoms in total. The summed E-state index contributed by atoms with van der Waals surface area (Å²) >= 11 is 0. The molecule has 0 aliphatic carbocycles. The van der Waals surface area contributed by atoms with E-state index in [1.54, 1.807) is 17.0 Å². The van der Waals surface area contributed by atoms with E-state index in [9.17, 15) is 27.9 Å². The fourth-order valence-corrected chi connectivity index (χ4v) is 5.34. The van der Waals surface area contributed by atoms with Crippen molar-refractivity contribution in [3.8, 4) is 0 Å². The molecule has 4 N–H and O–H groups in total. The number of benzene rings is 1. The van der Waals surface area contributed by atoms with Gasteiger partial charge in [-0.2, -0.15) is 4.31 Å². The van der Waals surface area contributed by atoms with Crippen molar-refractivity contribution in [2.75, 3.05) is 31.1 Å². The van der Waals surface area contributed by atoms with Crippen LogP contribution in [0.5, 0.6) is 0 Å².